The zero-order chi connectivity index (χ0) is 19.9. The van der Waals surface area contributed by atoms with Gasteiger partial charge in [0, 0.05) is 11.6 Å². The first kappa shape index (κ1) is 19.1. The summed E-state index contributed by atoms with van der Waals surface area (Å²) in [5.41, 5.74) is 1.87. The molecule has 1 N–H and O–H groups in total. The third-order valence-corrected chi connectivity index (χ3v) is 7.92. The first-order valence-electron chi connectivity index (χ1n) is 9.55. The molecular weight excluding hydrogens is 383 g/mol. The maximum atomic E-state index is 15.4. The monoisotopic (exact) mass is 406 g/mol. The van der Waals surface area contributed by atoms with Crippen LogP contribution >= 0.6 is 0 Å². The number of nitrogens with one attached hydrogen (secondary N) is 1. The molecule has 0 spiro atoms. The fourth-order valence-electron chi connectivity index (χ4n) is 3.81. The predicted molar refractivity (Wildman–Crippen MR) is 100 cm³/mol. The molecule has 1 amide bonds. The lowest BCUT2D eigenvalue weighted by Crippen LogP contribution is -2.45. The summed E-state index contributed by atoms with van der Waals surface area (Å²) in [6.45, 7) is 1.77. The molecule has 8 heteroatoms. The SMILES string of the molecule is Cc1cccc(S(=O)(=O)C2(F)CCC(NC(=O)c3nocc3C3CC3)CC2)c1. The van der Waals surface area contributed by atoms with Crippen molar-refractivity contribution in [1.29, 1.82) is 0 Å². The van der Waals surface area contributed by atoms with Crippen LogP contribution in [0.4, 0.5) is 4.39 Å². The largest absolute Gasteiger partial charge is 0.364 e. The smallest absolute Gasteiger partial charge is 0.273 e. The van der Waals surface area contributed by atoms with Gasteiger partial charge in [-0.05, 0) is 69.1 Å². The topological polar surface area (TPSA) is 89.3 Å². The Morgan fingerprint density at radius 3 is 2.61 bits per heavy atom. The van der Waals surface area contributed by atoms with Crippen molar-refractivity contribution < 1.29 is 22.1 Å². The molecule has 2 aliphatic rings. The number of halogens is 1. The predicted octanol–water partition coefficient (Wildman–Crippen LogP) is 3.67. The van der Waals surface area contributed by atoms with Gasteiger partial charge in [0.15, 0.2) is 5.69 Å². The Kier molecular flexibility index (Phi) is 4.77. The van der Waals surface area contributed by atoms with Crippen LogP contribution in [0.25, 0.3) is 0 Å². The molecule has 2 aliphatic carbocycles. The third kappa shape index (κ3) is 3.45. The van der Waals surface area contributed by atoms with Gasteiger partial charge in [-0.1, -0.05) is 17.3 Å². The number of alkyl halides is 1. The Labute approximate surface area is 163 Å². The van der Waals surface area contributed by atoms with E-state index < -0.39 is 14.8 Å². The first-order chi connectivity index (χ1) is 13.3. The maximum Gasteiger partial charge on any atom is 0.273 e. The second kappa shape index (κ2) is 6.99. The van der Waals surface area contributed by atoms with Gasteiger partial charge in [-0.2, -0.15) is 0 Å². The van der Waals surface area contributed by atoms with Gasteiger partial charge in [0.05, 0.1) is 4.90 Å². The number of hydrogen-bond acceptors (Lipinski definition) is 5. The van der Waals surface area contributed by atoms with Gasteiger partial charge < -0.3 is 9.84 Å². The van der Waals surface area contributed by atoms with Crippen molar-refractivity contribution >= 4 is 15.7 Å². The lowest BCUT2D eigenvalue weighted by atomic mass is 9.93. The van der Waals surface area contributed by atoms with Gasteiger partial charge in [-0.3, -0.25) is 4.79 Å². The summed E-state index contributed by atoms with van der Waals surface area (Å²) >= 11 is 0. The number of aromatic nitrogens is 1. The molecule has 1 heterocycles. The normalized spacial score (nSPS) is 25.4. The molecule has 0 saturated heterocycles. The van der Waals surface area contributed by atoms with E-state index in [0.29, 0.717) is 5.92 Å². The molecule has 0 unspecified atom stereocenters. The Morgan fingerprint density at radius 2 is 1.96 bits per heavy atom. The van der Waals surface area contributed by atoms with Crippen LogP contribution in [-0.2, 0) is 9.84 Å². The van der Waals surface area contributed by atoms with E-state index >= 15 is 4.39 Å². The molecule has 2 saturated carbocycles. The summed E-state index contributed by atoms with van der Waals surface area (Å²) < 4.78 is 46.0. The van der Waals surface area contributed by atoms with E-state index in [1.165, 1.54) is 18.4 Å². The van der Waals surface area contributed by atoms with Gasteiger partial charge in [-0.25, -0.2) is 12.8 Å². The van der Waals surface area contributed by atoms with Gasteiger partial charge in [0.1, 0.15) is 6.26 Å². The molecule has 1 aromatic heterocycles. The lowest BCUT2D eigenvalue weighted by Gasteiger charge is -2.33. The molecule has 0 atom stereocenters. The summed E-state index contributed by atoms with van der Waals surface area (Å²) in [5.74, 6) is -0.00938. The standard InChI is InChI=1S/C20H23FN2O4S/c1-13-3-2-4-16(11-13)28(25,26)20(21)9-7-15(8-10-20)22-19(24)18-17(12-27-23-18)14-5-6-14/h2-4,11-12,14-15H,5-10H2,1H3,(H,22,24). The van der Waals surface area contributed by atoms with Crippen LogP contribution in [-0.4, -0.2) is 30.5 Å². The minimum Gasteiger partial charge on any atom is -0.364 e. The number of rotatable bonds is 5. The van der Waals surface area contributed by atoms with Crippen molar-refractivity contribution in [3.8, 4) is 0 Å². The zero-order valence-corrected chi connectivity index (χ0v) is 16.5. The highest BCUT2D eigenvalue weighted by Crippen LogP contribution is 2.42. The number of aryl methyl sites for hydroxylation is 1. The third-order valence-electron chi connectivity index (χ3n) is 5.68. The summed E-state index contributed by atoms with van der Waals surface area (Å²) in [7, 11) is -4.10. The Balaban J connectivity index is 1.42. The molecule has 0 aliphatic heterocycles. The number of carbonyl (C=O) groups excluding carboxylic acids is 1. The maximum absolute atomic E-state index is 15.4. The summed E-state index contributed by atoms with van der Waals surface area (Å²) in [4.78, 5) is 12.5. The van der Waals surface area contributed by atoms with Crippen molar-refractivity contribution in [1.82, 2.24) is 10.5 Å². The minimum absolute atomic E-state index is 0.00848. The van der Waals surface area contributed by atoms with Crippen LogP contribution in [0, 0.1) is 6.92 Å². The summed E-state index contributed by atoms with van der Waals surface area (Å²) in [6, 6.07) is 6.03. The van der Waals surface area contributed by atoms with E-state index in [1.807, 2.05) is 0 Å². The van der Waals surface area contributed by atoms with Crippen molar-refractivity contribution in [3.63, 3.8) is 0 Å². The Hall–Kier alpha value is -2.22. The molecule has 2 fully saturated rings. The van der Waals surface area contributed by atoms with Crippen molar-refractivity contribution in [2.75, 3.05) is 0 Å². The fraction of sp³-hybridized carbons (Fsp3) is 0.500. The number of carbonyl (C=O) groups is 1. The van der Waals surface area contributed by atoms with Gasteiger partial charge >= 0.3 is 0 Å². The van der Waals surface area contributed by atoms with Crippen LogP contribution in [0.2, 0.25) is 0 Å². The van der Waals surface area contributed by atoms with Gasteiger partial charge in [0.25, 0.3) is 5.91 Å². The second-order valence-electron chi connectivity index (χ2n) is 7.84. The van der Waals surface area contributed by atoms with E-state index in [9.17, 15) is 13.2 Å². The molecule has 4 rings (SSSR count). The summed E-state index contributed by atoms with van der Waals surface area (Å²) in [5, 5.41) is 4.35. The van der Waals surface area contributed by atoms with Crippen molar-refractivity contribution in [2.24, 2.45) is 0 Å². The van der Waals surface area contributed by atoms with E-state index in [0.717, 1.165) is 24.0 Å². The van der Waals surface area contributed by atoms with Crippen LogP contribution in [0.1, 0.15) is 66.1 Å². The van der Waals surface area contributed by atoms with Gasteiger partial charge in [0.2, 0.25) is 14.8 Å². The number of sulfone groups is 1. The zero-order valence-electron chi connectivity index (χ0n) is 15.7. The number of nitrogens with zero attached hydrogens (tertiary/aromatic N) is 1. The van der Waals surface area contributed by atoms with E-state index in [1.54, 1.807) is 19.1 Å². The van der Waals surface area contributed by atoms with E-state index in [4.69, 9.17) is 4.52 Å². The average molecular weight is 406 g/mol. The minimum atomic E-state index is -4.10. The molecular formula is C20H23FN2O4S. The number of amides is 1. The van der Waals surface area contributed by atoms with Crippen LogP contribution in [0.3, 0.4) is 0 Å². The van der Waals surface area contributed by atoms with E-state index in [-0.39, 0.29) is 48.2 Å². The Bertz CT molecular complexity index is 989. The highest BCUT2D eigenvalue weighted by Gasteiger charge is 2.48. The average Bonchev–Trinajstić information content (AvgIpc) is 3.39. The summed E-state index contributed by atoms with van der Waals surface area (Å²) in [6.07, 6.45) is 3.76. The van der Waals surface area contributed by atoms with Gasteiger partial charge in [-0.15, -0.1) is 0 Å². The quantitative estimate of drug-likeness (QED) is 0.818. The molecule has 0 radical (unpaired) electrons. The highest BCUT2D eigenvalue weighted by molar-refractivity contribution is 7.92. The molecule has 0 bridgehead atoms. The lowest BCUT2D eigenvalue weighted by molar-refractivity contribution is 0.0896. The highest BCUT2D eigenvalue weighted by atomic mass is 32.2. The van der Waals surface area contributed by atoms with Crippen LogP contribution in [0.15, 0.2) is 39.9 Å². The first-order valence-corrected chi connectivity index (χ1v) is 11.0. The van der Waals surface area contributed by atoms with Crippen molar-refractivity contribution in [2.45, 2.75) is 67.3 Å². The Morgan fingerprint density at radius 1 is 1.25 bits per heavy atom. The molecule has 2 aromatic rings. The number of hydrogen-bond donors (Lipinski definition) is 1. The molecule has 28 heavy (non-hydrogen) atoms. The molecule has 150 valence electrons. The van der Waals surface area contributed by atoms with Crippen LogP contribution in [0.5, 0.6) is 0 Å². The van der Waals surface area contributed by atoms with E-state index in [2.05, 4.69) is 10.5 Å². The fourth-order valence-corrected chi connectivity index (χ4v) is 5.60. The number of benzene rings is 1. The molecule has 6 nitrogen and oxygen atoms in total. The molecule has 1 aromatic carbocycles. The van der Waals surface area contributed by atoms with Crippen LogP contribution < -0.4 is 5.32 Å². The van der Waals surface area contributed by atoms with Crippen molar-refractivity contribution in [3.05, 3.63) is 47.3 Å². The second-order valence-corrected chi connectivity index (χ2v) is 10.1.